The maximum atomic E-state index is 14.1. The summed E-state index contributed by atoms with van der Waals surface area (Å²) in [5.41, 5.74) is 1.48. The highest BCUT2D eigenvalue weighted by molar-refractivity contribution is 5.93. The third-order valence-electron chi connectivity index (χ3n) is 9.89. The number of fused-ring (bicyclic) bond motifs is 1. The topological polar surface area (TPSA) is 61.8 Å². The fourth-order valence-electron chi connectivity index (χ4n) is 7.80. The number of hydrogen-bond acceptors (Lipinski definition) is 4. The molecule has 5 nitrogen and oxygen atoms in total. The van der Waals surface area contributed by atoms with Crippen LogP contribution in [0.1, 0.15) is 64.5 Å². The third kappa shape index (κ3) is 4.58. The van der Waals surface area contributed by atoms with Crippen LogP contribution in [0.3, 0.4) is 0 Å². The molecule has 3 heterocycles. The van der Waals surface area contributed by atoms with Gasteiger partial charge in [-0.1, -0.05) is 100 Å². The van der Waals surface area contributed by atoms with Gasteiger partial charge < -0.3 is 5.32 Å². The number of rotatable bonds is 8. The van der Waals surface area contributed by atoms with Crippen molar-refractivity contribution < 1.29 is 9.59 Å². The van der Waals surface area contributed by atoms with Crippen LogP contribution in [-0.4, -0.2) is 40.4 Å². The number of amides is 1. The van der Waals surface area contributed by atoms with E-state index >= 15 is 0 Å². The Morgan fingerprint density at radius 1 is 0.950 bits per heavy atom. The highest BCUT2D eigenvalue weighted by Crippen LogP contribution is 2.61. The molecule has 5 unspecified atom stereocenters. The van der Waals surface area contributed by atoms with Crippen molar-refractivity contribution in [2.45, 2.75) is 77.5 Å². The maximum absolute atomic E-state index is 14.1. The first-order valence-corrected chi connectivity index (χ1v) is 15.0. The zero-order valence-corrected chi connectivity index (χ0v) is 24.4. The molecule has 3 aromatic carbocycles. The number of carbonyl (C=O) groups excluding carboxylic acids is 2. The monoisotopic (exact) mass is 537 g/mol. The lowest BCUT2D eigenvalue weighted by Crippen LogP contribution is -2.73. The first-order valence-electron chi connectivity index (χ1n) is 15.0. The minimum atomic E-state index is -0.713. The summed E-state index contributed by atoms with van der Waals surface area (Å²) in [7, 11) is 0. The molecule has 4 bridgehead atoms. The second-order valence-electron chi connectivity index (χ2n) is 11.6. The minimum absolute atomic E-state index is 0.102. The van der Waals surface area contributed by atoms with E-state index in [1.807, 2.05) is 32.0 Å². The van der Waals surface area contributed by atoms with Gasteiger partial charge in [-0.05, 0) is 46.6 Å². The Morgan fingerprint density at radius 3 is 2.35 bits per heavy atom. The Bertz CT molecular complexity index is 1370. The molecule has 5 atom stereocenters. The minimum Gasteiger partial charge on any atom is -0.350 e. The Balaban J connectivity index is 0.000000487. The van der Waals surface area contributed by atoms with Crippen molar-refractivity contribution >= 4 is 28.7 Å². The lowest BCUT2D eigenvalue weighted by Gasteiger charge is -2.58. The van der Waals surface area contributed by atoms with Crippen molar-refractivity contribution in [3.05, 3.63) is 83.9 Å². The number of nitrogens with zero attached hydrogens (tertiary/aromatic N) is 2. The van der Waals surface area contributed by atoms with Gasteiger partial charge in [-0.15, -0.1) is 0 Å². The van der Waals surface area contributed by atoms with E-state index in [2.05, 4.69) is 84.9 Å². The van der Waals surface area contributed by atoms with Crippen LogP contribution in [0.5, 0.6) is 0 Å². The lowest BCUT2D eigenvalue weighted by molar-refractivity contribution is -0.138. The van der Waals surface area contributed by atoms with Gasteiger partial charge in [0.15, 0.2) is 5.54 Å². The van der Waals surface area contributed by atoms with Gasteiger partial charge >= 0.3 is 0 Å². The molecular weight excluding hydrogens is 494 g/mol. The van der Waals surface area contributed by atoms with Crippen molar-refractivity contribution in [1.82, 2.24) is 10.2 Å². The lowest BCUT2D eigenvalue weighted by atomic mass is 9.53. The van der Waals surface area contributed by atoms with Gasteiger partial charge in [0.1, 0.15) is 5.78 Å². The van der Waals surface area contributed by atoms with Crippen molar-refractivity contribution in [3.63, 3.8) is 0 Å². The van der Waals surface area contributed by atoms with Gasteiger partial charge in [-0.3, -0.25) is 19.5 Å². The van der Waals surface area contributed by atoms with E-state index in [0.717, 1.165) is 31.5 Å². The molecule has 2 fully saturated rings. The van der Waals surface area contributed by atoms with Gasteiger partial charge in [0.25, 0.3) is 0 Å². The standard InChI is InChI=1S/C30H33N3O.C5H10O/c1-3-29-21(2)25-16-26(20-33(29)19-24-14-9-13-23-12-7-8-15-27(23)24)30(29,32-18-25)28(34)31-17-22-10-5-4-6-11-22;1-3-5(6)4-2/h4-15,18,21,25-26H,3,16-17,19-20H2,1-2H3,(H,31,34);3-4H2,1-2H3. The van der Waals surface area contributed by atoms with Gasteiger partial charge in [0.2, 0.25) is 5.91 Å². The second-order valence-corrected chi connectivity index (χ2v) is 11.6. The number of aliphatic imine (C=N–C) groups is 1. The van der Waals surface area contributed by atoms with Gasteiger partial charge in [-0.2, -0.15) is 0 Å². The molecule has 7 rings (SSSR count). The van der Waals surface area contributed by atoms with Crippen molar-refractivity contribution in [3.8, 4) is 0 Å². The van der Waals surface area contributed by atoms with E-state index in [1.165, 1.54) is 16.3 Å². The SMILES string of the molecule is CCC(=O)CC.CCC12C(C)C3C=NC1(C(=O)NCc1ccccc1)C(C3)CN2Cc1cccc2ccccc12. The molecular formula is C35H43N3O2. The van der Waals surface area contributed by atoms with Gasteiger partial charge in [0, 0.05) is 44.6 Å². The van der Waals surface area contributed by atoms with Crippen LogP contribution in [0, 0.1) is 17.8 Å². The average Bonchev–Trinajstić information content (AvgIpc) is 3.24. The van der Waals surface area contributed by atoms with E-state index in [-0.39, 0.29) is 17.4 Å². The summed E-state index contributed by atoms with van der Waals surface area (Å²) >= 11 is 0. The van der Waals surface area contributed by atoms with E-state index in [0.29, 0.717) is 37.0 Å². The van der Waals surface area contributed by atoms with Crippen LogP contribution < -0.4 is 5.32 Å². The van der Waals surface area contributed by atoms with E-state index < -0.39 is 5.54 Å². The predicted molar refractivity (Wildman–Crippen MR) is 163 cm³/mol. The summed E-state index contributed by atoms with van der Waals surface area (Å²) in [5, 5.41) is 5.88. The predicted octanol–water partition coefficient (Wildman–Crippen LogP) is 6.59. The van der Waals surface area contributed by atoms with Crippen molar-refractivity contribution in [2.75, 3.05) is 6.54 Å². The molecule has 3 aliphatic heterocycles. The highest BCUT2D eigenvalue weighted by Gasteiger charge is 2.74. The largest absolute Gasteiger partial charge is 0.350 e. The number of hydrogen-bond donors (Lipinski definition) is 1. The number of likely N-dealkylation sites (tertiary alicyclic amines) is 1. The van der Waals surface area contributed by atoms with Crippen molar-refractivity contribution in [2.24, 2.45) is 22.7 Å². The summed E-state index contributed by atoms with van der Waals surface area (Å²) < 4.78 is 0. The molecule has 1 aliphatic carbocycles. The molecule has 1 saturated heterocycles. The average molecular weight is 538 g/mol. The molecule has 4 aliphatic rings. The maximum Gasteiger partial charge on any atom is 0.250 e. The molecule has 0 radical (unpaired) electrons. The Labute approximate surface area is 239 Å². The summed E-state index contributed by atoms with van der Waals surface area (Å²) in [6, 6.07) is 25.4. The van der Waals surface area contributed by atoms with E-state index in [9.17, 15) is 9.59 Å². The van der Waals surface area contributed by atoms with Crippen molar-refractivity contribution in [1.29, 1.82) is 0 Å². The van der Waals surface area contributed by atoms with E-state index in [1.54, 1.807) is 0 Å². The molecule has 3 aromatic rings. The molecule has 1 N–H and O–H groups in total. The van der Waals surface area contributed by atoms with Crippen LogP contribution >= 0.6 is 0 Å². The Hall–Kier alpha value is -3.31. The fourth-order valence-corrected chi connectivity index (χ4v) is 7.80. The highest BCUT2D eigenvalue weighted by atomic mass is 16.2. The molecule has 5 heteroatoms. The third-order valence-corrected chi connectivity index (χ3v) is 9.89. The number of ketones is 1. The number of Topliss-reactive ketones (excluding diaryl/α,β-unsaturated/α-hetero) is 1. The van der Waals surface area contributed by atoms with Crippen LogP contribution in [0.2, 0.25) is 0 Å². The van der Waals surface area contributed by atoms with Crippen LogP contribution in [0.15, 0.2) is 77.8 Å². The quantitative estimate of drug-likeness (QED) is 0.353. The summed E-state index contributed by atoms with van der Waals surface area (Å²) in [6.07, 6.45) is 5.46. The zero-order valence-electron chi connectivity index (χ0n) is 24.4. The fraction of sp³-hybridized carbons (Fsp3) is 0.457. The molecule has 0 aromatic heterocycles. The smallest absolute Gasteiger partial charge is 0.250 e. The van der Waals surface area contributed by atoms with Crippen LogP contribution in [0.25, 0.3) is 10.8 Å². The van der Waals surface area contributed by atoms with Gasteiger partial charge in [0.05, 0.1) is 5.54 Å². The number of benzene rings is 3. The summed E-state index contributed by atoms with van der Waals surface area (Å²) in [4.78, 5) is 32.0. The number of nitrogens with one attached hydrogen (secondary N) is 1. The molecule has 0 spiro atoms. The van der Waals surface area contributed by atoms with Crippen LogP contribution in [0.4, 0.5) is 0 Å². The Kier molecular flexibility index (Phi) is 8.23. The molecule has 210 valence electrons. The summed E-state index contributed by atoms with van der Waals surface area (Å²) in [6.45, 7) is 10.7. The molecule has 1 saturated carbocycles. The molecule has 40 heavy (non-hydrogen) atoms. The normalized spacial score (nSPS) is 28.2. The first-order chi connectivity index (χ1) is 19.4. The molecule has 1 amide bonds. The number of carbonyl (C=O) groups is 2. The Morgan fingerprint density at radius 2 is 1.65 bits per heavy atom. The summed E-state index contributed by atoms with van der Waals surface area (Å²) in [5.74, 6) is 1.53. The zero-order chi connectivity index (χ0) is 28.3. The second kappa shape index (κ2) is 11.7. The van der Waals surface area contributed by atoms with Gasteiger partial charge in [-0.25, -0.2) is 0 Å². The van der Waals surface area contributed by atoms with Crippen LogP contribution in [-0.2, 0) is 22.7 Å². The van der Waals surface area contributed by atoms with E-state index in [4.69, 9.17) is 4.99 Å². The first kappa shape index (κ1) is 28.2.